The quantitative estimate of drug-likeness (QED) is 0.892. The Balaban J connectivity index is 1.41. The van der Waals surface area contributed by atoms with Gasteiger partial charge in [-0.05, 0) is 48.5 Å². The van der Waals surface area contributed by atoms with Gasteiger partial charge in [0, 0.05) is 18.5 Å². The summed E-state index contributed by atoms with van der Waals surface area (Å²) < 4.78 is 0. The van der Waals surface area contributed by atoms with Crippen molar-refractivity contribution in [2.24, 2.45) is 5.92 Å². The summed E-state index contributed by atoms with van der Waals surface area (Å²) >= 11 is 0. The fraction of sp³-hybridized carbons (Fsp3) is 0.458. The molecule has 4 heteroatoms. The second kappa shape index (κ2) is 7.34. The number of aliphatic hydroxyl groups excluding tert-OH is 1. The SMILES string of the molecule is O=C(Cc1ccc(CO)cc1)N1C[C@H](c2ccccc2)[C@@H]2[C@H]1C1CCN2CC1. The van der Waals surface area contributed by atoms with E-state index < -0.39 is 0 Å². The van der Waals surface area contributed by atoms with Gasteiger partial charge in [-0.1, -0.05) is 54.6 Å². The van der Waals surface area contributed by atoms with Gasteiger partial charge in [-0.15, -0.1) is 0 Å². The van der Waals surface area contributed by atoms with E-state index in [2.05, 4.69) is 40.1 Å². The van der Waals surface area contributed by atoms with Crippen LogP contribution in [0, 0.1) is 5.92 Å². The second-order valence-corrected chi connectivity index (χ2v) is 8.57. The van der Waals surface area contributed by atoms with Crippen molar-refractivity contribution in [3.63, 3.8) is 0 Å². The molecule has 4 aliphatic heterocycles. The van der Waals surface area contributed by atoms with Gasteiger partial charge in [-0.2, -0.15) is 0 Å². The van der Waals surface area contributed by atoms with E-state index in [4.69, 9.17) is 0 Å². The Hall–Kier alpha value is -2.17. The van der Waals surface area contributed by atoms with E-state index in [1.165, 1.54) is 31.5 Å². The van der Waals surface area contributed by atoms with Crippen molar-refractivity contribution in [1.29, 1.82) is 0 Å². The highest BCUT2D eigenvalue weighted by molar-refractivity contribution is 5.80. The van der Waals surface area contributed by atoms with E-state index >= 15 is 0 Å². The van der Waals surface area contributed by atoms with E-state index in [1.807, 2.05) is 24.3 Å². The molecule has 4 aliphatic rings. The van der Waals surface area contributed by atoms with Crippen molar-refractivity contribution in [2.45, 2.75) is 43.9 Å². The van der Waals surface area contributed by atoms with Crippen LogP contribution >= 0.6 is 0 Å². The van der Waals surface area contributed by atoms with Crippen LogP contribution in [0.2, 0.25) is 0 Å². The molecule has 3 atom stereocenters. The maximum absolute atomic E-state index is 13.3. The van der Waals surface area contributed by atoms with Crippen LogP contribution in [0.3, 0.4) is 0 Å². The topological polar surface area (TPSA) is 43.8 Å². The number of aliphatic hydroxyl groups is 1. The van der Waals surface area contributed by atoms with Crippen LogP contribution in [-0.4, -0.2) is 52.5 Å². The van der Waals surface area contributed by atoms with Crippen molar-refractivity contribution in [3.05, 3.63) is 71.3 Å². The Kier molecular flexibility index (Phi) is 4.69. The van der Waals surface area contributed by atoms with E-state index in [-0.39, 0.29) is 12.5 Å². The molecule has 0 spiro atoms. The van der Waals surface area contributed by atoms with Crippen molar-refractivity contribution in [3.8, 4) is 0 Å². The van der Waals surface area contributed by atoms with Crippen molar-refractivity contribution in [1.82, 2.24) is 9.80 Å². The predicted octanol–water partition coefficient (Wildman–Crippen LogP) is 2.81. The van der Waals surface area contributed by atoms with Gasteiger partial charge < -0.3 is 10.0 Å². The van der Waals surface area contributed by atoms with E-state index in [1.54, 1.807) is 0 Å². The number of rotatable bonds is 4. The van der Waals surface area contributed by atoms with Crippen molar-refractivity contribution < 1.29 is 9.90 Å². The summed E-state index contributed by atoms with van der Waals surface area (Å²) in [4.78, 5) is 18.2. The summed E-state index contributed by atoms with van der Waals surface area (Å²) in [6.45, 7) is 3.24. The van der Waals surface area contributed by atoms with Gasteiger partial charge in [-0.3, -0.25) is 9.69 Å². The predicted molar refractivity (Wildman–Crippen MR) is 109 cm³/mol. The number of carbonyl (C=O) groups is 1. The number of hydrogen-bond donors (Lipinski definition) is 1. The zero-order chi connectivity index (χ0) is 19.1. The first kappa shape index (κ1) is 17.9. The van der Waals surface area contributed by atoms with Crippen LogP contribution in [-0.2, 0) is 17.8 Å². The number of piperidine rings is 3. The number of nitrogens with zero attached hydrogens (tertiary/aromatic N) is 2. The van der Waals surface area contributed by atoms with Crippen molar-refractivity contribution in [2.75, 3.05) is 19.6 Å². The van der Waals surface area contributed by atoms with Gasteiger partial charge >= 0.3 is 0 Å². The minimum absolute atomic E-state index is 0.0420. The molecule has 1 N–H and O–H groups in total. The van der Waals surface area contributed by atoms with Crippen LogP contribution in [0.15, 0.2) is 54.6 Å². The zero-order valence-electron chi connectivity index (χ0n) is 16.2. The zero-order valence-corrected chi connectivity index (χ0v) is 16.2. The summed E-state index contributed by atoms with van der Waals surface area (Å²) in [7, 11) is 0. The lowest BCUT2D eigenvalue weighted by Crippen LogP contribution is -2.60. The molecular weight excluding hydrogens is 348 g/mol. The molecule has 0 saturated carbocycles. The third-order valence-corrected chi connectivity index (χ3v) is 7.10. The average molecular weight is 377 g/mol. The van der Waals surface area contributed by atoms with Gasteiger partial charge in [0.2, 0.25) is 5.91 Å². The van der Waals surface area contributed by atoms with Crippen LogP contribution in [0.25, 0.3) is 0 Å². The Morgan fingerprint density at radius 1 is 0.929 bits per heavy atom. The first-order valence-electron chi connectivity index (χ1n) is 10.5. The summed E-state index contributed by atoms with van der Waals surface area (Å²) in [5.74, 6) is 1.30. The second-order valence-electron chi connectivity index (χ2n) is 8.57. The van der Waals surface area contributed by atoms with Gasteiger partial charge in [0.05, 0.1) is 19.1 Å². The minimum Gasteiger partial charge on any atom is -0.392 e. The number of benzene rings is 2. The third kappa shape index (κ3) is 3.05. The molecule has 0 radical (unpaired) electrons. The maximum atomic E-state index is 13.3. The lowest BCUT2D eigenvalue weighted by molar-refractivity contribution is -0.135. The summed E-state index contributed by atoms with van der Waals surface area (Å²) in [5, 5.41) is 9.23. The average Bonchev–Trinajstić information content (AvgIpc) is 3.19. The fourth-order valence-corrected chi connectivity index (χ4v) is 5.74. The number of carbonyl (C=O) groups excluding carboxylic acids is 1. The molecule has 0 unspecified atom stereocenters. The van der Waals surface area contributed by atoms with Gasteiger partial charge in [0.25, 0.3) is 0 Å². The fourth-order valence-electron chi connectivity index (χ4n) is 5.74. The minimum atomic E-state index is 0.0420. The van der Waals surface area contributed by atoms with Crippen LogP contribution in [0.1, 0.15) is 35.4 Å². The number of amides is 1. The highest BCUT2D eigenvalue weighted by Gasteiger charge is 2.54. The molecule has 2 aromatic carbocycles. The summed E-state index contributed by atoms with van der Waals surface area (Å²) in [6, 6.07) is 19.4. The normalized spacial score (nSPS) is 31.0. The molecule has 2 aromatic rings. The molecule has 28 heavy (non-hydrogen) atoms. The molecule has 4 fully saturated rings. The monoisotopic (exact) mass is 376 g/mol. The van der Waals surface area contributed by atoms with Crippen LogP contribution in [0.4, 0.5) is 0 Å². The summed E-state index contributed by atoms with van der Waals surface area (Å²) in [5.41, 5.74) is 3.29. The number of likely N-dealkylation sites (tertiary alicyclic amines) is 1. The van der Waals surface area contributed by atoms with Gasteiger partial charge in [-0.25, -0.2) is 0 Å². The van der Waals surface area contributed by atoms with E-state index in [9.17, 15) is 9.90 Å². The molecular formula is C24H28N2O2. The lowest BCUT2D eigenvalue weighted by Gasteiger charge is -2.51. The molecule has 1 amide bonds. The lowest BCUT2D eigenvalue weighted by atomic mass is 9.75. The highest BCUT2D eigenvalue weighted by Crippen LogP contribution is 2.46. The standard InChI is InChI=1S/C24H28N2O2/c27-16-18-8-6-17(7-9-18)14-22(28)26-15-21(19-4-2-1-3-5-19)24-23(26)20-10-12-25(24)13-11-20/h1-9,20-21,23-24,27H,10-16H2/t21-,23-,24-/m1/s1. The number of fused-ring (bicyclic) bond motifs is 2. The molecule has 4 heterocycles. The Labute approximate surface area is 166 Å². The first-order valence-corrected chi connectivity index (χ1v) is 10.5. The van der Waals surface area contributed by atoms with Crippen LogP contribution < -0.4 is 0 Å². The van der Waals surface area contributed by atoms with Gasteiger partial charge in [0.15, 0.2) is 0 Å². The Morgan fingerprint density at radius 3 is 2.29 bits per heavy atom. The Bertz CT molecular complexity index is 827. The van der Waals surface area contributed by atoms with E-state index in [0.29, 0.717) is 30.3 Å². The number of hydrogen-bond acceptors (Lipinski definition) is 3. The molecule has 0 aliphatic carbocycles. The smallest absolute Gasteiger partial charge is 0.227 e. The van der Waals surface area contributed by atoms with Crippen molar-refractivity contribution >= 4 is 5.91 Å². The van der Waals surface area contributed by atoms with E-state index in [0.717, 1.165) is 17.7 Å². The summed E-state index contributed by atoms with van der Waals surface area (Å²) in [6.07, 6.45) is 2.89. The third-order valence-electron chi connectivity index (χ3n) is 7.10. The molecule has 4 nitrogen and oxygen atoms in total. The molecule has 146 valence electrons. The molecule has 2 bridgehead atoms. The molecule has 4 saturated heterocycles. The Morgan fingerprint density at radius 2 is 1.61 bits per heavy atom. The maximum Gasteiger partial charge on any atom is 0.227 e. The molecule has 6 rings (SSSR count). The highest BCUT2D eigenvalue weighted by atomic mass is 16.3. The molecule has 0 aromatic heterocycles. The van der Waals surface area contributed by atoms with Gasteiger partial charge in [0.1, 0.15) is 0 Å². The largest absolute Gasteiger partial charge is 0.392 e. The first-order chi connectivity index (χ1) is 13.7. The van der Waals surface area contributed by atoms with Crippen LogP contribution in [0.5, 0.6) is 0 Å².